The summed E-state index contributed by atoms with van der Waals surface area (Å²) in [5.74, 6) is -0.806. The first-order valence-corrected chi connectivity index (χ1v) is 5.59. The van der Waals surface area contributed by atoms with Crippen molar-refractivity contribution in [3.05, 3.63) is 0 Å². The van der Waals surface area contributed by atoms with Gasteiger partial charge >= 0.3 is 0 Å². The Morgan fingerprint density at radius 2 is 2.53 bits per heavy atom. The molecule has 3 rings (SSSR count). The van der Waals surface area contributed by atoms with Gasteiger partial charge in [0.1, 0.15) is 12.4 Å². The van der Waals surface area contributed by atoms with E-state index in [2.05, 4.69) is 25.6 Å². The van der Waals surface area contributed by atoms with Gasteiger partial charge in [-0.05, 0) is 19.9 Å². The van der Waals surface area contributed by atoms with Crippen molar-refractivity contribution in [3.63, 3.8) is 0 Å². The average molecular weight is 235 g/mol. The van der Waals surface area contributed by atoms with Crippen LogP contribution in [0.1, 0.15) is 12.8 Å². The number of amides is 1. The van der Waals surface area contributed by atoms with Crippen LogP contribution < -0.4 is 10.6 Å². The summed E-state index contributed by atoms with van der Waals surface area (Å²) in [4.78, 5) is 24.2. The number of amidine groups is 1. The first-order valence-electron chi connectivity index (χ1n) is 5.59. The highest BCUT2D eigenvalue weighted by molar-refractivity contribution is 6.69. The lowest BCUT2D eigenvalue weighted by Crippen LogP contribution is -2.67. The van der Waals surface area contributed by atoms with E-state index in [-0.39, 0.29) is 17.7 Å². The summed E-state index contributed by atoms with van der Waals surface area (Å²) in [7, 11) is 1.74. The van der Waals surface area contributed by atoms with Gasteiger partial charge in [-0.25, -0.2) is 15.0 Å². The molecule has 1 saturated heterocycles. The minimum Gasteiger partial charge on any atom is -0.372 e. The van der Waals surface area contributed by atoms with Crippen LogP contribution in [-0.4, -0.2) is 49.3 Å². The normalized spacial score (nSPS) is 35.4. The predicted molar refractivity (Wildman–Crippen MR) is 62.3 cm³/mol. The zero-order valence-corrected chi connectivity index (χ0v) is 9.43. The summed E-state index contributed by atoms with van der Waals surface area (Å²) >= 11 is 0. The number of aliphatic imine (C=N–C) groups is 3. The summed E-state index contributed by atoms with van der Waals surface area (Å²) in [5, 5.41) is 5.85. The molecule has 2 atom stereocenters. The molecule has 7 nitrogen and oxygen atoms in total. The van der Waals surface area contributed by atoms with Gasteiger partial charge in [-0.1, -0.05) is 0 Å². The Balaban J connectivity index is 2.00. The molecule has 0 bridgehead atoms. The van der Waals surface area contributed by atoms with Gasteiger partial charge in [0.2, 0.25) is 5.79 Å². The van der Waals surface area contributed by atoms with Gasteiger partial charge in [0.25, 0.3) is 5.91 Å². The number of likely N-dealkylation sites (N-methyl/N-ethyl adjacent to an activating group) is 1. The van der Waals surface area contributed by atoms with Crippen molar-refractivity contribution < 1.29 is 9.53 Å². The lowest BCUT2D eigenvalue weighted by atomic mass is 10.1. The number of hydrogen-bond acceptors (Lipinski definition) is 6. The Morgan fingerprint density at radius 3 is 3.24 bits per heavy atom. The molecule has 0 aliphatic carbocycles. The molecular formula is C10H13N5O2. The standard InChI is InChI=1S/C10H13N5O2/c1-11-10(6-3-2-4-17-6)14-8-7(9(16)15-10)12-5-13-8/h5-6,11H,2-4H2,1H3,(H,15,16). The van der Waals surface area contributed by atoms with E-state index in [9.17, 15) is 4.79 Å². The predicted octanol–water partition coefficient (Wildman–Crippen LogP) is -0.950. The molecule has 0 aromatic rings. The van der Waals surface area contributed by atoms with E-state index >= 15 is 0 Å². The molecule has 17 heavy (non-hydrogen) atoms. The minimum absolute atomic E-state index is 0.165. The second kappa shape index (κ2) is 3.71. The van der Waals surface area contributed by atoms with E-state index < -0.39 is 5.79 Å². The molecule has 0 radical (unpaired) electrons. The maximum Gasteiger partial charge on any atom is 0.276 e. The summed E-state index contributed by atoms with van der Waals surface area (Å²) in [6.45, 7) is 0.693. The van der Waals surface area contributed by atoms with Crippen molar-refractivity contribution in [3.8, 4) is 0 Å². The molecule has 2 N–H and O–H groups in total. The van der Waals surface area contributed by atoms with Crippen LogP contribution in [0, 0.1) is 0 Å². The van der Waals surface area contributed by atoms with Gasteiger partial charge < -0.3 is 10.1 Å². The van der Waals surface area contributed by atoms with Crippen LogP contribution in [0.2, 0.25) is 0 Å². The van der Waals surface area contributed by atoms with Crippen molar-refractivity contribution in [2.75, 3.05) is 13.7 Å². The third kappa shape index (κ3) is 1.50. The van der Waals surface area contributed by atoms with Crippen LogP contribution in [0.4, 0.5) is 0 Å². The van der Waals surface area contributed by atoms with Crippen LogP contribution in [0.25, 0.3) is 0 Å². The van der Waals surface area contributed by atoms with Crippen LogP contribution in [0.5, 0.6) is 0 Å². The molecule has 0 saturated carbocycles. The van der Waals surface area contributed by atoms with Gasteiger partial charge in [0.05, 0.1) is 0 Å². The number of rotatable bonds is 2. The fourth-order valence-corrected chi connectivity index (χ4v) is 2.27. The molecule has 2 unspecified atom stereocenters. The molecule has 90 valence electrons. The number of nitrogens with one attached hydrogen (secondary N) is 2. The molecule has 1 fully saturated rings. The Labute approximate surface area is 98.1 Å². The van der Waals surface area contributed by atoms with Gasteiger partial charge in [-0.2, -0.15) is 0 Å². The second-order valence-electron chi connectivity index (χ2n) is 4.13. The van der Waals surface area contributed by atoms with Crippen molar-refractivity contribution in [2.45, 2.75) is 24.7 Å². The first kappa shape index (κ1) is 10.5. The number of fused-ring (bicyclic) bond motifs is 1. The van der Waals surface area contributed by atoms with Gasteiger partial charge in [-0.15, -0.1) is 0 Å². The van der Waals surface area contributed by atoms with Crippen molar-refractivity contribution in [1.29, 1.82) is 0 Å². The van der Waals surface area contributed by atoms with Gasteiger partial charge in [-0.3, -0.25) is 10.1 Å². The Morgan fingerprint density at radius 1 is 1.65 bits per heavy atom. The Kier molecular flexibility index (Phi) is 2.30. The van der Waals surface area contributed by atoms with Crippen molar-refractivity contribution in [1.82, 2.24) is 10.6 Å². The lowest BCUT2D eigenvalue weighted by Gasteiger charge is -2.37. The fourth-order valence-electron chi connectivity index (χ4n) is 2.27. The summed E-state index contributed by atoms with van der Waals surface area (Å²) in [6, 6.07) is 0. The van der Waals surface area contributed by atoms with Crippen LogP contribution in [0.3, 0.4) is 0 Å². The highest BCUT2D eigenvalue weighted by atomic mass is 16.5. The van der Waals surface area contributed by atoms with E-state index in [4.69, 9.17) is 4.74 Å². The van der Waals surface area contributed by atoms with E-state index in [1.54, 1.807) is 7.05 Å². The number of hydrogen-bond donors (Lipinski definition) is 2. The molecule has 0 aromatic carbocycles. The molecule has 7 heteroatoms. The summed E-state index contributed by atoms with van der Waals surface area (Å²) in [5.41, 5.74) is 0.272. The Bertz CT molecular complexity index is 450. The fraction of sp³-hybridized carbons (Fsp3) is 0.600. The highest BCUT2D eigenvalue weighted by Crippen LogP contribution is 2.26. The van der Waals surface area contributed by atoms with Crippen LogP contribution in [0.15, 0.2) is 15.0 Å². The second-order valence-corrected chi connectivity index (χ2v) is 4.13. The smallest absolute Gasteiger partial charge is 0.276 e. The third-order valence-corrected chi connectivity index (χ3v) is 3.16. The maximum absolute atomic E-state index is 11.9. The molecule has 0 spiro atoms. The largest absolute Gasteiger partial charge is 0.372 e. The SMILES string of the molecule is CNC1(C2CCCO2)N=C2N=CN=C2C(=O)N1. The minimum atomic E-state index is -0.913. The maximum atomic E-state index is 11.9. The number of ether oxygens (including phenoxy) is 1. The topological polar surface area (TPSA) is 87.4 Å². The van der Waals surface area contributed by atoms with E-state index in [1.165, 1.54) is 6.34 Å². The quantitative estimate of drug-likeness (QED) is 0.647. The number of nitrogens with zero attached hydrogens (tertiary/aromatic N) is 3. The molecule has 3 aliphatic heterocycles. The van der Waals surface area contributed by atoms with Crippen LogP contribution in [-0.2, 0) is 9.53 Å². The van der Waals surface area contributed by atoms with Crippen LogP contribution >= 0.6 is 0 Å². The monoisotopic (exact) mass is 235 g/mol. The van der Waals surface area contributed by atoms with Gasteiger partial charge in [0, 0.05) is 6.61 Å². The average Bonchev–Trinajstić information content (AvgIpc) is 2.99. The van der Waals surface area contributed by atoms with E-state index in [1.807, 2.05) is 0 Å². The van der Waals surface area contributed by atoms with E-state index in [0.717, 1.165) is 12.8 Å². The molecule has 1 amide bonds. The number of carbonyl (C=O) groups excluding carboxylic acids is 1. The van der Waals surface area contributed by atoms with Crippen molar-refractivity contribution >= 4 is 23.8 Å². The first-order chi connectivity index (χ1) is 8.25. The zero-order valence-electron chi connectivity index (χ0n) is 9.43. The highest BCUT2D eigenvalue weighted by Gasteiger charge is 2.46. The summed E-state index contributed by atoms with van der Waals surface area (Å²) in [6.07, 6.45) is 3.00. The summed E-state index contributed by atoms with van der Waals surface area (Å²) < 4.78 is 5.61. The number of carbonyl (C=O) groups is 1. The van der Waals surface area contributed by atoms with Gasteiger partial charge in [0.15, 0.2) is 11.5 Å². The lowest BCUT2D eigenvalue weighted by molar-refractivity contribution is -0.119. The molecule has 3 heterocycles. The van der Waals surface area contributed by atoms with E-state index in [0.29, 0.717) is 12.4 Å². The zero-order chi connectivity index (χ0) is 11.9. The van der Waals surface area contributed by atoms with Crippen molar-refractivity contribution in [2.24, 2.45) is 15.0 Å². The molecule has 0 aromatic heterocycles. The Hall–Kier alpha value is -1.60. The third-order valence-electron chi connectivity index (χ3n) is 3.16. The molecule has 3 aliphatic rings. The molecular weight excluding hydrogens is 222 g/mol.